The van der Waals surface area contributed by atoms with Gasteiger partial charge in [0.15, 0.2) is 6.61 Å². The van der Waals surface area contributed by atoms with E-state index < -0.39 is 42.8 Å². The fourth-order valence-corrected chi connectivity index (χ4v) is 3.59. The van der Waals surface area contributed by atoms with E-state index in [9.17, 15) is 19.8 Å². The van der Waals surface area contributed by atoms with Gasteiger partial charge in [-0.25, -0.2) is 0 Å². The Morgan fingerprint density at radius 2 is 1.97 bits per heavy atom. The van der Waals surface area contributed by atoms with Crippen LogP contribution in [0.3, 0.4) is 0 Å². The number of hydrogen-bond donors (Lipinski definition) is 5. The van der Waals surface area contributed by atoms with E-state index in [-0.39, 0.29) is 18.7 Å². The number of methoxy groups -OCH3 is 1. The average molecular weight is 513 g/mol. The fraction of sp³-hybridized carbons (Fsp3) is 0.400. The van der Waals surface area contributed by atoms with Gasteiger partial charge in [-0.05, 0) is 25.5 Å². The van der Waals surface area contributed by atoms with Gasteiger partial charge in [0.25, 0.3) is 5.91 Å². The molecule has 0 aliphatic rings. The molecule has 0 aliphatic heterocycles. The number of nitrogens with one attached hydrogen (secondary N) is 3. The summed E-state index contributed by atoms with van der Waals surface area (Å²) in [6, 6.07) is 6.73. The molecule has 3 aromatic rings. The summed E-state index contributed by atoms with van der Waals surface area (Å²) >= 11 is 0. The van der Waals surface area contributed by atoms with Crippen molar-refractivity contribution in [3.05, 3.63) is 60.3 Å². The van der Waals surface area contributed by atoms with Gasteiger partial charge in [0.2, 0.25) is 5.91 Å². The van der Waals surface area contributed by atoms with Crippen molar-refractivity contribution in [3.8, 4) is 0 Å². The molecule has 12 nitrogen and oxygen atoms in total. The lowest BCUT2D eigenvalue weighted by molar-refractivity contribution is -0.131. The van der Waals surface area contributed by atoms with Gasteiger partial charge in [-0.1, -0.05) is 23.4 Å². The van der Waals surface area contributed by atoms with Crippen LogP contribution in [0, 0.1) is 0 Å². The third kappa shape index (κ3) is 7.81. The number of para-hydroxylation sites is 1. The van der Waals surface area contributed by atoms with E-state index in [1.807, 2.05) is 24.3 Å². The maximum Gasteiger partial charge on any atom is 0.261 e. The van der Waals surface area contributed by atoms with Crippen molar-refractivity contribution in [2.24, 2.45) is 5.16 Å². The lowest BCUT2D eigenvalue weighted by Gasteiger charge is -2.20. The minimum absolute atomic E-state index is 0.0300. The Hall–Kier alpha value is -3.87. The number of ether oxygens (including phenoxy) is 1. The molecule has 198 valence electrons. The number of amides is 2. The predicted molar refractivity (Wildman–Crippen MR) is 135 cm³/mol. The fourth-order valence-electron chi connectivity index (χ4n) is 3.59. The zero-order valence-corrected chi connectivity index (χ0v) is 20.9. The third-order valence-electron chi connectivity index (χ3n) is 5.71. The summed E-state index contributed by atoms with van der Waals surface area (Å²) in [4.78, 5) is 42.2. The highest BCUT2D eigenvalue weighted by Gasteiger charge is 2.26. The molecule has 2 aromatic heterocycles. The maximum absolute atomic E-state index is 13.1. The lowest BCUT2D eigenvalue weighted by Crippen LogP contribution is -2.48. The molecule has 5 N–H and O–H groups in total. The predicted octanol–water partition coefficient (Wildman–Crippen LogP) is 0.451. The number of carbonyl (C=O) groups excluding carboxylic acids is 2. The number of nitrogens with zero attached hydrogens (tertiary/aromatic N) is 3. The van der Waals surface area contributed by atoms with Crippen LogP contribution in [-0.4, -0.2) is 80.8 Å². The number of aromatic amines is 1. The number of fused-ring (bicyclic) bond motifs is 1. The summed E-state index contributed by atoms with van der Waals surface area (Å²) in [6.07, 6.45) is 3.51. The number of aliphatic hydroxyl groups excluding tert-OH is 2. The summed E-state index contributed by atoms with van der Waals surface area (Å²) in [7, 11) is 1.41. The van der Waals surface area contributed by atoms with Crippen molar-refractivity contribution in [1.29, 1.82) is 0 Å². The molecule has 0 fully saturated rings. The normalized spacial score (nSPS) is 15.0. The van der Waals surface area contributed by atoms with Gasteiger partial charge < -0.3 is 35.4 Å². The van der Waals surface area contributed by atoms with Gasteiger partial charge in [-0.2, -0.15) is 0 Å². The largest absolute Gasteiger partial charge is 0.390 e. The maximum atomic E-state index is 13.1. The van der Waals surface area contributed by atoms with Crippen molar-refractivity contribution in [2.45, 2.75) is 51.2 Å². The van der Waals surface area contributed by atoms with Crippen LogP contribution in [0.2, 0.25) is 0 Å². The number of rotatable bonds is 13. The lowest BCUT2D eigenvalue weighted by atomic mass is 10.0. The number of benzene rings is 1. The molecule has 4 atom stereocenters. The molecule has 2 heterocycles. The van der Waals surface area contributed by atoms with E-state index >= 15 is 0 Å². The molecule has 3 rings (SSSR count). The first-order valence-electron chi connectivity index (χ1n) is 11.8. The van der Waals surface area contributed by atoms with Crippen LogP contribution in [-0.2, 0) is 32.1 Å². The summed E-state index contributed by atoms with van der Waals surface area (Å²) in [5.41, 5.74) is 2.37. The van der Waals surface area contributed by atoms with Crippen LogP contribution in [0.15, 0.2) is 54.2 Å². The number of hydrogen-bond acceptors (Lipinski definition) is 9. The van der Waals surface area contributed by atoms with Crippen LogP contribution in [0.1, 0.15) is 25.1 Å². The molecule has 0 radical (unpaired) electrons. The molecular formula is C25H32N6O6. The number of H-pyrrole nitrogens is 1. The monoisotopic (exact) mass is 512 g/mol. The molecule has 2 amide bonds. The third-order valence-corrected chi connectivity index (χ3v) is 5.71. The summed E-state index contributed by atoms with van der Waals surface area (Å²) in [5, 5.41) is 30.0. The Bertz CT molecular complexity index is 1200. The van der Waals surface area contributed by atoms with Crippen molar-refractivity contribution in [2.75, 3.05) is 13.7 Å². The topological polar surface area (TPSA) is 171 Å². The number of carbonyl (C=O) groups is 2. The van der Waals surface area contributed by atoms with Gasteiger partial charge in [-0.15, -0.1) is 0 Å². The molecule has 0 unspecified atom stereocenters. The van der Waals surface area contributed by atoms with Crippen LogP contribution >= 0.6 is 0 Å². The van der Waals surface area contributed by atoms with E-state index in [1.165, 1.54) is 26.4 Å². The van der Waals surface area contributed by atoms with Gasteiger partial charge in [-0.3, -0.25) is 19.6 Å². The molecular weight excluding hydrogens is 480 g/mol. The molecule has 0 bridgehead atoms. The van der Waals surface area contributed by atoms with E-state index in [0.29, 0.717) is 5.69 Å². The van der Waals surface area contributed by atoms with Gasteiger partial charge in [0, 0.05) is 43.0 Å². The second-order valence-corrected chi connectivity index (χ2v) is 8.45. The quantitative estimate of drug-likeness (QED) is 0.162. The molecule has 12 heteroatoms. The Kier molecular flexibility index (Phi) is 10.1. The zero-order valence-electron chi connectivity index (χ0n) is 20.9. The Balaban J connectivity index is 1.70. The van der Waals surface area contributed by atoms with Crippen molar-refractivity contribution in [3.63, 3.8) is 0 Å². The number of oxime groups is 1. The highest BCUT2D eigenvalue weighted by molar-refractivity contribution is 5.92. The highest BCUT2D eigenvalue weighted by atomic mass is 16.6. The van der Waals surface area contributed by atoms with E-state index in [4.69, 9.17) is 9.57 Å². The second kappa shape index (κ2) is 13.4. The molecule has 37 heavy (non-hydrogen) atoms. The van der Waals surface area contributed by atoms with Crippen molar-refractivity contribution < 1.29 is 29.4 Å². The van der Waals surface area contributed by atoms with Crippen LogP contribution in [0.4, 0.5) is 0 Å². The molecule has 0 saturated heterocycles. The first kappa shape index (κ1) is 27.7. The Labute approximate surface area is 214 Å². The first-order chi connectivity index (χ1) is 17.8. The first-order valence-corrected chi connectivity index (χ1v) is 11.8. The van der Waals surface area contributed by atoms with Crippen LogP contribution < -0.4 is 10.6 Å². The summed E-state index contributed by atoms with van der Waals surface area (Å²) < 4.78 is 5.15. The van der Waals surface area contributed by atoms with Gasteiger partial charge >= 0.3 is 0 Å². The zero-order chi connectivity index (χ0) is 26.8. The van der Waals surface area contributed by atoms with Gasteiger partial charge in [0.1, 0.15) is 17.9 Å². The average Bonchev–Trinajstić information content (AvgIpc) is 3.32. The van der Waals surface area contributed by atoms with Crippen molar-refractivity contribution >= 4 is 28.4 Å². The minimum atomic E-state index is -1.33. The standard InChI is InChI=1S/C25H32N6O6/c1-15(32)24(34)23(16(2)36-3)31-37-14-22(33)30-21(25(35)29-13-18-12-26-8-9-27-18)10-17-11-28-20-7-5-4-6-19(17)20/h4-9,11-12,15-16,21,24,28,32,34H,10,13-14H2,1-3H3,(H,29,35)(H,30,33)/b31-23-/t15-,16+,21+,24+/m1/s1. The molecule has 0 saturated carbocycles. The van der Waals surface area contributed by atoms with E-state index in [2.05, 4.69) is 30.7 Å². The Morgan fingerprint density at radius 1 is 1.19 bits per heavy atom. The number of aromatic nitrogens is 3. The Morgan fingerprint density at radius 3 is 2.68 bits per heavy atom. The highest BCUT2D eigenvalue weighted by Crippen LogP contribution is 2.19. The summed E-state index contributed by atoms with van der Waals surface area (Å²) in [6.45, 7) is 2.63. The van der Waals surface area contributed by atoms with Crippen LogP contribution in [0.25, 0.3) is 10.9 Å². The van der Waals surface area contributed by atoms with E-state index in [0.717, 1.165) is 16.5 Å². The van der Waals surface area contributed by atoms with Gasteiger partial charge in [0.05, 0.1) is 30.6 Å². The second-order valence-electron chi connectivity index (χ2n) is 8.45. The van der Waals surface area contributed by atoms with Crippen molar-refractivity contribution in [1.82, 2.24) is 25.6 Å². The summed E-state index contributed by atoms with van der Waals surface area (Å²) in [5.74, 6) is -1.01. The number of aliphatic hydroxyl groups is 2. The smallest absolute Gasteiger partial charge is 0.261 e. The molecule has 0 spiro atoms. The van der Waals surface area contributed by atoms with E-state index in [1.54, 1.807) is 19.3 Å². The molecule has 1 aromatic carbocycles. The molecule has 0 aliphatic carbocycles. The minimum Gasteiger partial charge on any atom is -0.390 e. The van der Waals surface area contributed by atoms with Crippen LogP contribution in [0.5, 0.6) is 0 Å². The SMILES string of the molecule is CO[C@@H](C)/C(=N/OCC(=O)N[C@@H](Cc1c[nH]c2ccccc12)C(=O)NCc1cnccn1)[C@@H](O)[C@@H](C)O.